The van der Waals surface area contributed by atoms with Crippen molar-refractivity contribution >= 4 is 16.8 Å². The average molecular weight is 367 g/mol. The van der Waals surface area contributed by atoms with E-state index in [0.29, 0.717) is 11.4 Å². The number of fused-ring (bicyclic) bond motifs is 1. The largest absolute Gasteiger partial charge is 0.348 e. The van der Waals surface area contributed by atoms with Gasteiger partial charge in [-0.25, -0.2) is 9.37 Å². The molecule has 1 atom stereocenters. The fraction of sp³-hybridized carbons (Fsp3) is 0.286. The SMILES string of the molecule is CC(C)C[C@H](NC(=O)Cn1cnc2ccc(F)cc2c1=O)c1ccccc1. The first-order valence-corrected chi connectivity index (χ1v) is 8.93. The van der Waals surface area contributed by atoms with Crippen molar-refractivity contribution in [1.29, 1.82) is 0 Å². The van der Waals surface area contributed by atoms with Crippen LogP contribution in [0.15, 0.2) is 59.7 Å². The lowest BCUT2D eigenvalue weighted by molar-refractivity contribution is -0.122. The summed E-state index contributed by atoms with van der Waals surface area (Å²) < 4.78 is 14.6. The number of halogens is 1. The second-order valence-corrected chi connectivity index (χ2v) is 7.00. The highest BCUT2D eigenvalue weighted by Gasteiger charge is 2.17. The van der Waals surface area contributed by atoms with E-state index >= 15 is 0 Å². The first-order chi connectivity index (χ1) is 12.9. The average Bonchev–Trinajstić information content (AvgIpc) is 2.64. The van der Waals surface area contributed by atoms with Gasteiger partial charge in [0.25, 0.3) is 5.56 Å². The lowest BCUT2D eigenvalue weighted by atomic mass is 9.97. The molecular weight excluding hydrogens is 345 g/mol. The monoisotopic (exact) mass is 367 g/mol. The Morgan fingerprint density at radius 1 is 1.19 bits per heavy atom. The van der Waals surface area contributed by atoms with Crippen molar-refractivity contribution in [3.63, 3.8) is 0 Å². The Morgan fingerprint density at radius 2 is 1.93 bits per heavy atom. The van der Waals surface area contributed by atoms with E-state index < -0.39 is 11.4 Å². The molecule has 3 aromatic rings. The molecule has 1 heterocycles. The smallest absolute Gasteiger partial charge is 0.261 e. The van der Waals surface area contributed by atoms with E-state index in [1.807, 2.05) is 30.3 Å². The molecule has 6 heteroatoms. The van der Waals surface area contributed by atoms with Gasteiger partial charge in [-0.1, -0.05) is 44.2 Å². The Bertz CT molecular complexity index is 999. The molecule has 0 aliphatic carbocycles. The third-order valence-electron chi connectivity index (χ3n) is 4.34. The molecule has 1 amide bonds. The number of carbonyl (C=O) groups excluding carboxylic acids is 1. The van der Waals surface area contributed by atoms with Crippen LogP contribution in [0, 0.1) is 11.7 Å². The van der Waals surface area contributed by atoms with Crippen molar-refractivity contribution in [3.05, 3.63) is 76.6 Å². The molecule has 3 rings (SSSR count). The minimum absolute atomic E-state index is 0.139. The van der Waals surface area contributed by atoms with Crippen molar-refractivity contribution in [2.75, 3.05) is 0 Å². The van der Waals surface area contributed by atoms with Gasteiger partial charge >= 0.3 is 0 Å². The number of hydrogen-bond donors (Lipinski definition) is 1. The van der Waals surface area contributed by atoms with Gasteiger partial charge in [-0.15, -0.1) is 0 Å². The lowest BCUT2D eigenvalue weighted by Crippen LogP contribution is -2.35. The summed E-state index contributed by atoms with van der Waals surface area (Å²) in [6.45, 7) is 4.02. The molecule has 0 radical (unpaired) electrons. The Hall–Kier alpha value is -3.02. The fourth-order valence-corrected chi connectivity index (χ4v) is 3.07. The maximum Gasteiger partial charge on any atom is 0.261 e. The molecule has 0 spiro atoms. The predicted octanol–water partition coefficient (Wildman–Crippen LogP) is 3.44. The van der Waals surface area contributed by atoms with Crippen molar-refractivity contribution in [2.45, 2.75) is 32.9 Å². The van der Waals surface area contributed by atoms with Crippen LogP contribution >= 0.6 is 0 Å². The number of nitrogens with one attached hydrogen (secondary N) is 1. The summed E-state index contributed by atoms with van der Waals surface area (Å²) in [4.78, 5) is 29.2. The Balaban J connectivity index is 1.81. The van der Waals surface area contributed by atoms with Crippen LogP contribution in [-0.2, 0) is 11.3 Å². The van der Waals surface area contributed by atoms with Crippen molar-refractivity contribution < 1.29 is 9.18 Å². The van der Waals surface area contributed by atoms with Crippen LogP contribution in [0.1, 0.15) is 31.9 Å². The van der Waals surface area contributed by atoms with Crippen LogP contribution < -0.4 is 10.9 Å². The van der Waals surface area contributed by atoms with Crippen LogP contribution in [0.3, 0.4) is 0 Å². The molecule has 0 aliphatic heterocycles. The molecular formula is C21H22FN3O2. The Labute approximate surface area is 156 Å². The van der Waals surface area contributed by atoms with Crippen molar-refractivity contribution in [1.82, 2.24) is 14.9 Å². The molecule has 0 aliphatic rings. The van der Waals surface area contributed by atoms with Crippen LogP contribution in [0.25, 0.3) is 10.9 Å². The molecule has 5 nitrogen and oxygen atoms in total. The molecule has 0 saturated heterocycles. The van der Waals surface area contributed by atoms with Crippen LogP contribution in [-0.4, -0.2) is 15.5 Å². The molecule has 1 N–H and O–H groups in total. The molecule has 0 bridgehead atoms. The quantitative estimate of drug-likeness (QED) is 0.726. The zero-order chi connectivity index (χ0) is 19.4. The first kappa shape index (κ1) is 18.8. The minimum Gasteiger partial charge on any atom is -0.348 e. The van der Waals surface area contributed by atoms with Crippen molar-refractivity contribution in [2.24, 2.45) is 5.92 Å². The van der Waals surface area contributed by atoms with Gasteiger partial charge in [-0.2, -0.15) is 0 Å². The van der Waals surface area contributed by atoms with Gasteiger partial charge in [0.15, 0.2) is 0 Å². The molecule has 1 aromatic heterocycles. The zero-order valence-corrected chi connectivity index (χ0v) is 15.4. The van der Waals surface area contributed by atoms with Gasteiger partial charge < -0.3 is 5.32 Å². The summed E-state index contributed by atoms with van der Waals surface area (Å²) in [5, 5.41) is 3.16. The van der Waals surface area contributed by atoms with E-state index in [1.54, 1.807) is 0 Å². The van der Waals surface area contributed by atoms with Gasteiger partial charge in [-0.3, -0.25) is 14.2 Å². The van der Waals surface area contributed by atoms with Crippen LogP contribution in [0.4, 0.5) is 4.39 Å². The molecule has 27 heavy (non-hydrogen) atoms. The summed E-state index contributed by atoms with van der Waals surface area (Å²) >= 11 is 0. The van der Waals surface area contributed by atoms with E-state index in [0.717, 1.165) is 18.1 Å². The number of nitrogens with zero attached hydrogens (tertiary/aromatic N) is 2. The molecule has 2 aromatic carbocycles. The highest BCUT2D eigenvalue weighted by molar-refractivity contribution is 5.79. The van der Waals surface area contributed by atoms with Crippen molar-refractivity contribution in [3.8, 4) is 0 Å². The summed E-state index contributed by atoms with van der Waals surface area (Å²) in [5.41, 5.74) is 0.986. The number of rotatable bonds is 6. The van der Waals surface area contributed by atoms with Gasteiger partial charge in [0, 0.05) is 0 Å². The van der Waals surface area contributed by atoms with Gasteiger partial charge in [0.1, 0.15) is 12.4 Å². The Kier molecular flexibility index (Phi) is 5.64. The van der Waals surface area contributed by atoms with Crippen LogP contribution in [0.2, 0.25) is 0 Å². The fourth-order valence-electron chi connectivity index (χ4n) is 3.07. The Morgan fingerprint density at radius 3 is 2.63 bits per heavy atom. The number of benzene rings is 2. The van der Waals surface area contributed by atoms with E-state index in [2.05, 4.69) is 24.1 Å². The summed E-state index contributed by atoms with van der Waals surface area (Å²) in [5.74, 6) is -0.405. The van der Waals surface area contributed by atoms with Crippen LogP contribution in [0.5, 0.6) is 0 Å². The van der Waals surface area contributed by atoms with Gasteiger partial charge in [-0.05, 0) is 36.1 Å². The molecule has 140 valence electrons. The maximum atomic E-state index is 13.4. The van der Waals surface area contributed by atoms with E-state index in [4.69, 9.17) is 0 Å². The standard InChI is InChI=1S/C21H22FN3O2/c1-14(2)10-19(15-6-4-3-5-7-15)24-20(26)12-25-13-23-18-9-8-16(22)11-17(18)21(25)27/h3-9,11,13-14,19H,10,12H2,1-2H3,(H,24,26)/t19-/m0/s1. The number of amides is 1. The summed E-state index contributed by atoms with van der Waals surface area (Å²) in [7, 11) is 0. The van der Waals surface area contributed by atoms with Gasteiger partial charge in [0.2, 0.25) is 5.91 Å². The minimum atomic E-state index is -0.510. The summed E-state index contributed by atoms with van der Waals surface area (Å²) in [6.07, 6.45) is 2.11. The topological polar surface area (TPSA) is 64.0 Å². The second kappa shape index (κ2) is 8.12. The predicted molar refractivity (Wildman–Crippen MR) is 103 cm³/mol. The van der Waals surface area contributed by atoms with E-state index in [-0.39, 0.29) is 23.9 Å². The highest BCUT2D eigenvalue weighted by atomic mass is 19.1. The molecule has 0 fully saturated rings. The third-order valence-corrected chi connectivity index (χ3v) is 4.34. The second-order valence-electron chi connectivity index (χ2n) is 7.00. The molecule has 0 saturated carbocycles. The third kappa shape index (κ3) is 4.58. The molecule has 0 unspecified atom stereocenters. The van der Waals surface area contributed by atoms with Gasteiger partial charge in [0.05, 0.1) is 23.3 Å². The number of hydrogen-bond acceptors (Lipinski definition) is 3. The normalized spacial score (nSPS) is 12.3. The lowest BCUT2D eigenvalue weighted by Gasteiger charge is -2.21. The highest BCUT2D eigenvalue weighted by Crippen LogP contribution is 2.21. The number of aromatic nitrogens is 2. The van der Waals surface area contributed by atoms with E-state index in [9.17, 15) is 14.0 Å². The zero-order valence-electron chi connectivity index (χ0n) is 15.4. The first-order valence-electron chi connectivity index (χ1n) is 8.93. The maximum absolute atomic E-state index is 13.4. The summed E-state index contributed by atoms with van der Waals surface area (Å²) in [6, 6.07) is 13.4. The number of carbonyl (C=O) groups is 1. The van der Waals surface area contributed by atoms with E-state index in [1.165, 1.54) is 23.0 Å².